The molecule has 1 aliphatic rings. The molecule has 1 aliphatic heterocycles. The van der Waals surface area contributed by atoms with Gasteiger partial charge in [-0.25, -0.2) is 9.97 Å². The molecule has 1 aromatic heterocycles. The maximum Gasteiger partial charge on any atom is 0.225 e. The molecule has 0 atom stereocenters. The number of para-hydroxylation sites is 1. The van der Waals surface area contributed by atoms with Gasteiger partial charge in [0.2, 0.25) is 5.95 Å². The normalized spacial score (nSPS) is 14.5. The van der Waals surface area contributed by atoms with Crippen LogP contribution in [0.4, 0.5) is 5.95 Å². The van der Waals surface area contributed by atoms with E-state index in [2.05, 4.69) is 20.9 Å². The van der Waals surface area contributed by atoms with Crippen LogP contribution in [0.3, 0.4) is 0 Å². The van der Waals surface area contributed by atoms with Gasteiger partial charge in [-0.1, -0.05) is 18.2 Å². The molecule has 1 N–H and O–H groups in total. The molecule has 0 fully saturated rings. The minimum atomic E-state index is -0.0355. The predicted molar refractivity (Wildman–Crippen MR) is 70.9 cm³/mol. The van der Waals surface area contributed by atoms with Crippen LogP contribution in [-0.4, -0.2) is 28.2 Å². The predicted octanol–water partition coefficient (Wildman–Crippen LogP) is 1.37. The van der Waals surface area contributed by atoms with Crippen LogP contribution in [0.25, 0.3) is 0 Å². The maximum absolute atomic E-state index is 9.00. The van der Waals surface area contributed by atoms with E-state index in [4.69, 9.17) is 9.84 Å². The zero-order valence-electron chi connectivity index (χ0n) is 10.5. The van der Waals surface area contributed by atoms with Crippen LogP contribution in [0, 0.1) is 0 Å². The van der Waals surface area contributed by atoms with Crippen molar-refractivity contribution in [2.24, 2.45) is 0 Å². The molecule has 0 saturated heterocycles. The zero-order valence-corrected chi connectivity index (χ0v) is 10.5. The SMILES string of the molecule is OCc1cnc(N2CCOc3ccccc3C2)nc1. The number of aliphatic hydroxyl groups is 1. The summed E-state index contributed by atoms with van der Waals surface area (Å²) in [5, 5.41) is 9.00. The van der Waals surface area contributed by atoms with Crippen molar-refractivity contribution < 1.29 is 9.84 Å². The van der Waals surface area contributed by atoms with Crippen LogP contribution >= 0.6 is 0 Å². The van der Waals surface area contributed by atoms with E-state index < -0.39 is 0 Å². The van der Waals surface area contributed by atoms with Gasteiger partial charge in [-0.2, -0.15) is 0 Å². The molecule has 2 aromatic rings. The fourth-order valence-electron chi connectivity index (χ4n) is 2.09. The number of aliphatic hydroxyl groups excluding tert-OH is 1. The molecule has 19 heavy (non-hydrogen) atoms. The lowest BCUT2D eigenvalue weighted by Crippen LogP contribution is -2.27. The molecule has 0 amide bonds. The van der Waals surface area contributed by atoms with Crippen molar-refractivity contribution in [2.45, 2.75) is 13.2 Å². The summed E-state index contributed by atoms with van der Waals surface area (Å²) >= 11 is 0. The summed E-state index contributed by atoms with van der Waals surface area (Å²) in [5.41, 5.74) is 1.85. The van der Waals surface area contributed by atoms with Gasteiger partial charge in [-0.05, 0) is 6.07 Å². The molecule has 0 aliphatic carbocycles. The van der Waals surface area contributed by atoms with Crippen molar-refractivity contribution in [3.8, 4) is 5.75 Å². The largest absolute Gasteiger partial charge is 0.491 e. The number of benzene rings is 1. The van der Waals surface area contributed by atoms with E-state index in [1.807, 2.05) is 18.2 Å². The molecule has 0 radical (unpaired) electrons. The molecule has 1 aromatic carbocycles. The van der Waals surface area contributed by atoms with E-state index in [-0.39, 0.29) is 6.61 Å². The fraction of sp³-hybridized carbons (Fsp3) is 0.286. The van der Waals surface area contributed by atoms with E-state index in [0.717, 1.165) is 30.0 Å². The van der Waals surface area contributed by atoms with Crippen molar-refractivity contribution in [2.75, 3.05) is 18.1 Å². The highest BCUT2D eigenvalue weighted by atomic mass is 16.5. The molecule has 0 bridgehead atoms. The van der Waals surface area contributed by atoms with Crippen molar-refractivity contribution in [3.63, 3.8) is 0 Å². The number of hydrogen-bond acceptors (Lipinski definition) is 5. The highest BCUT2D eigenvalue weighted by Gasteiger charge is 2.16. The number of nitrogens with zero attached hydrogens (tertiary/aromatic N) is 3. The van der Waals surface area contributed by atoms with Crippen LogP contribution in [0.15, 0.2) is 36.7 Å². The minimum absolute atomic E-state index is 0.0355. The average molecular weight is 257 g/mol. The Morgan fingerprint density at radius 2 is 2.00 bits per heavy atom. The Labute approximate surface area is 111 Å². The van der Waals surface area contributed by atoms with Gasteiger partial charge in [0.15, 0.2) is 0 Å². The van der Waals surface area contributed by atoms with Gasteiger partial charge < -0.3 is 14.7 Å². The van der Waals surface area contributed by atoms with Gasteiger partial charge in [0.1, 0.15) is 12.4 Å². The Bertz CT molecular complexity index is 557. The summed E-state index contributed by atoms with van der Waals surface area (Å²) in [7, 11) is 0. The topological polar surface area (TPSA) is 58.5 Å². The summed E-state index contributed by atoms with van der Waals surface area (Å²) in [6, 6.07) is 8.01. The molecule has 0 unspecified atom stereocenters. The van der Waals surface area contributed by atoms with Gasteiger partial charge in [0, 0.05) is 30.1 Å². The maximum atomic E-state index is 9.00. The number of rotatable bonds is 2. The number of anilines is 1. The first-order valence-corrected chi connectivity index (χ1v) is 6.24. The monoisotopic (exact) mass is 257 g/mol. The number of hydrogen-bond donors (Lipinski definition) is 1. The van der Waals surface area contributed by atoms with Crippen molar-refractivity contribution in [1.82, 2.24) is 9.97 Å². The van der Waals surface area contributed by atoms with Gasteiger partial charge >= 0.3 is 0 Å². The number of fused-ring (bicyclic) bond motifs is 1. The molecule has 3 rings (SSSR count). The third-order valence-electron chi connectivity index (χ3n) is 3.11. The first kappa shape index (κ1) is 11.9. The Morgan fingerprint density at radius 1 is 1.21 bits per heavy atom. The summed E-state index contributed by atoms with van der Waals surface area (Å²) in [5.74, 6) is 1.59. The third kappa shape index (κ3) is 2.51. The number of ether oxygens (including phenoxy) is 1. The lowest BCUT2D eigenvalue weighted by atomic mass is 10.2. The van der Waals surface area contributed by atoms with Gasteiger partial charge in [0.25, 0.3) is 0 Å². The van der Waals surface area contributed by atoms with Crippen LogP contribution in [0.2, 0.25) is 0 Å². The zero-order chi connectivity index (χ0) is 13.1. The summed E-state index contributed by atoms with van der Waals surface area (Å²) < 4.78 is 5.71. The van der Waals surface area contributed by atoms with Crippen LogP contribution in [0.1, 0.15) is 11.1 Å². The summed E-state index contributed by atoms with van der Waals surface area (Å²) in [6.07, 6.45) is 3.31. The molecular formula is C14H15N3O2. The first-order chi connectivity index (χ1) is 9.36. The van der Waals surface area contributed by atoms with E-state index in [9.17, 15) is 0 Å². The lowest BCUT2D eigenvalue weighted by molar-refractivity contribution is 0.281. The van der Waals surface area contributed by atoms with Gasteiger partial charge in [-0.15, -0.1) is 0 Å². The second kappa shape index (κ2) is 5.24. The van der Waals surface area contributed by atoms with Crippen molar-refractivity contribution in [3.05, 3.63) is 47.8 Å². The molecular weight excluding hydrogens is 242 g/mol. The molecule has 5 nitrogen and oxygen atoms in total. The molecule has 0 saturated carbocycles. The quantitative estimate of drug-likeness (QED) is 0.880. The molecule has 2 heterocycles. The van der Waals surface area contributed by atoms with E-state index in [0.29, 0.717) is 12.6 Å². The first-order valence-electron chi connectivity index (χ1n) is 6.24. The van der Waals surface area contributed by atoms with Crippen LogP contribution in [-0.2, 0) is 13.2 Å². The standard InChI is InChI=1S/C14H15N3O2/c18-10-11-7-15-14(16-8-11)17-5-6-19-13-4-2-1-3-12(13)9-17/h1-4,7-8,18H,5-6,9-10H2. The van der Waals surface area contributed by atoms with E-state index >= 15 is 0 Å². The Hall–Kier alpha value is -2.14. The van der Waals surface area contributed by atoms with Gasteiger partial charge in [-0.3, -0.25) is 0 Å². The van der Waals surface area contributed by atoms with Crippen LogP contribution in [0.5, 0.6) is 5.75 Å². The Kier molecular flexibility index (Phi) is 3.29. The van der Waals surface area contributed by atoms with Crippen molar-refractivity contribution >= 4 is 5.95 Å². The Balaban J connectivity index is 1.85. The summed E-state index contributed by atoms with van der Waals surface area (Å²) in [4.78, 5) is 10.7. The molecule has 0 spiro atoms. The lowest BCUT2D eigenvalue weighted by Gasteiger charge is -2.19. The highest BCUT2D eigenvalue weighted by molar-refractivity contribution is 5.40. The third-order valence-corrected chi connectivity index (χ3v) is 3.11. The van der Waals surface area contributed by atoms with Crippen LogP contribution < -0.4 is 9.64 Å². The fourth-order valence-corrected chi connectivity index (χ4v) is 2.09. The average Bonchev–Trinajstić information content (AvgIpc) is 2.69. The number of aromatic nitrogens is 2. The molecule has 5 heteroatoms. The second-order valence-electron chi connectivity index (χ2n) is 4.43. The van der Waals surface area contributed by atoms with Gasteiger partial charge in [0.05, 0.1) is 13.2 Å². The second-order valence-corrected chi connectivity index (χ2v) is 4.43. The minimum Gasteiger partial charge on any atom is -0.491 e. The van der Waals surface area contributed by atoms with Crippen molar-refractivity contribution in [1.29, 1.82) is 0 Å². The highest BCUT2D eigenvalue weighted by Crippen LogP contribution is 2.24. The molecule has 98 valence electrons. The van der Waals surface area contributed by atoms with E-state index in [1.165, 1.54) is 0 Å². The summed E-state index contributed by atoms with van der Waals surface area (Å²) in [6.45, 7) is 2.05. The Morgan fingerprint density at radius 3 is 2.79 bits per heavy atom. The van der Waals surface area contributed by atoms with E-state index in [1.54, 1.807) is 12.4 Å². The smallest absolute Gasteiger partial charge is 0.225 e.